The SMILES string of the molecule is CCCCOc1ccc(C(=O)NCc2cc(-c3ccco3)on2)cc1. The second-order valence-corrected chi connectivity index (χ2v) is 5.57. The zero-order valence-electron chi connectivity index (χ0n) is 14.0. The van der Waals surface area contributed by atoms with Crippen LogP contribution in [0.25, 0.3) is 11.5 Å². The Morgan fingerprint density at radius 3 is 2.76 bits per heavy atom. The van der Waals surface area contributed by atoms with Gasteiger partial charge in [-0.25, -0.2) is 0 Å². The Labute approximate surface area is 145 Å². The van der Waals surface area contributed by atoms with Gasteiger partial charge < -0.3 is 19.0 Å². The number of unbranched alkanes of at least 4 members (excludes halogenated alkanes) is 1. The van der Waals surface area contributed by atoms with Gasteiger partial charge in [0.2, 0.25) is 5.76 Å². The van der Waals surface area contributed by atoms with Crippen LogP contribution in [0.4, 0.5) is 0 Å². The molecule has 25 heavy (non-hydrogen) atoms. The van der Waals surface area contributed by atoms with Crippen molar-refractivity contribution in [2.45, 2.75) is 26.3 Å². The van der Waals surface area contributed by atoms with Crippen molar-refractivity contribution < 1.29 is 18.5 Å². The summed E-state index contributed by atoms with van der Waals surface area (Å²) in [6.45, 7) is 3.08. The van der Waals surface area contributed by atoms with E-state index in [4.69, 9.17) is 13.7 Å². The molecule has 0 bridgehead atoms. The number of nitrogens with one attached hydrogen (secondary N) is 1. The van der Waals surface area contributed by atoms with Crippen molar-refractivity contribution in [3.05, 3.63) is 60.0 Å². The zero-order chi connectivity index (χ0) is 17.5. The van der Waals surface area contributed by atoms with Crippen molar-refractivity contribution in [3.8, 4) is 17.3 Å². The molecule has 0 atom stereocenters. The van der Waals surface area contributed by atoms with Crippen LogP contribution in [-0.4, -0.2) is 17.7 Å². The van der Waals surface area contributed by atoms with Gasteiger partial charge in [-0.2, -0.15) is 0 Å². The fourth-order valence-electron chi connectivity index (χ4n) is 2.24. The van der Waals surface area contributed by atoms with E-state index in [1.807, 2.05) is 0 Å². The van der Waals surface area contributed by atoms with E-state index in [9.17, 15) is 4.79 Å². The fraction of sp³-hybridized carbons (Fsp3) is 0.263. The van der Waals surface area contributed by atoms with Crippen LogP contribution in [0.2, 0.25) is 0 Å². The van der Waals surface area contributed by atoms with Gasteiger partial charge in [0.05, 0.1) is 19.4 Å². The average molecular weight is 340 g/mol. The van der Waals surface area contributed by atoms with Gasteiger partial charge >= 0.3 is 0 Å². The molecule has 1 amide bonds. The van der Waals surface area contributed by atoms with Crippen molar-refractivity contribution in [2.24, 2.45) is 0 Å². The minimum Gasteiger partial charge on any atom is -0.494 e. The highest BCUT2D eigenvalue weighted by molar-refractivity contribution is 5.94. The molecule has 2 heterocycles. The lowest BCUT2D eigenvalue weighted by atomic mass is 10.2. The van der Waals surface area contributed by atoms with Gasteiger partial charge in [0.1, 0.15) is 11.4 Å². The van der Waals surface area contributed by atoms with Crippen LogP contribution in [0.3, 0.4) is 0 Å². The number of hydrogen-bond donors (Lipinski definition) is 1. The van der Waals surface area contributed by atoms with Crippen LogP contribution in [0.5, 0.6) is 5.75 Å². The number of amides is 1. The Morgan fingerprint density at radius 1 is 1.20 bits per heavy atom. The smallest absolute Gasteiger partial charge is 0.251 e. The van der Waals surface area contributed by atoms with E-state index in [0.29, 0.717) is 29.4 Å². The van der Waals surface area contributed by atoms with E-state index in [1.165, 1.54) is 0 Å². The first-order valence-electron chi connectivity index (χ1n) is 8.27. The summed E-state index contributed by atoms with van der Waals surface area (Å²) in [6.07, 6.45) is 3.67. The highest BCUT2D eigenvalue weighted by Gasteiger charge is 2.11. The molecule has 0 saturated heterocycles. The molecule has 0 unspecified atom stereocenters. The van der Waals surface area contributed by atoms with Crippen LogP contribution in [0, 0.1) is 0 Å². The van der Waals surface area contributed by atoms with Crippen LogP contribution >= 0.6 is 0 Å². The first kappa shape index (κ1) is 16.8. The number of carbonyl (C=O) groups is 1. The molecule has 0 saturated carbocycles. The van der Waals surface area contributed by atoms with Gasteiger partial charge in [-0.3, -0.25) is 4.79 Å². The van der Waals surface area contributed by atoms with Gasteiger partial charge in [0.15, 0.2) is 5.76 Å². The minimum atomic E-state index is -0.178. The Hall–Kier alpha value is -3.02. The van der Waals surface area contributed by atoms with Gasteiger partial charge in [0.25, 0.3) is 5.91 Å². The van der Waals surface area contributed by atoms with Crippen LogP contribution in [0.15, 0.2) is 57.7 Å². The second kappa shape index (κ2) is 8.19. The quantitative estimate of drug-likeness (QED) is 0.626. The summed E-state index contributed by atoms with van der Waals surface area (Å²) in [5, 5.41) is 6.74. The molecule has 0 radical (unpaired) electrons. The van der Waals surface area contributed by atoms with Crippen molar-refractivity contribution >= 4 is 5.91 Å². The molecule has 130 valence electrons. The van der Waals surface area contributed by atoms with E-state index in [1.54, 1.807) is 48.7 Å². The first-order valence-corrected chi connectivity index (χ1v) is 8.27. The summed E-state index contributed by atoms with van der Waals surface area (Å²) in [6, 6.07) is 12.4. The van der Waals surface area contributed by atoms with Gasteiger partial charge in [0, 0.05) is 11.6 Å². The Balaban J connectivity index is 1.52. The van der Waals surface area contributed by atoms with Crippen molar-refractivity contribution in [2.75, 3.05) is 6.61 Å². The Kier molecular flexibility index (Phi) is 5.51. The monoisotopic (exact) mass is 340 g/mol. The fourth-order valence-corrected chi connectivity index (χ4v) is 2.24. The van der Waals surface area contributed by atoms with Gasteiger partial charge in [-0.15, -0.1) is 0 Å². The molecule has 1 aromatic carbocycles. The van der Waals surface area contributed by atoms with Crippen molar-refractivity contribution in [1.29, 1.82) is 0 Å². The number of aromatic nitrogens is 1. The number of hydrogen-bond acceptors (Lipinski definition) is 5. The Morgan fingerprint density at radius 2 is 2.04 bits per heavy atom. The normalized spacial score (nSPS) is 10.6. The lowest BCUT2D eigenvalue weighted by Crippen LogP contribution is -2.22. The zero-order valence-corrected chi connectivity index (χ0v) is 14.0. The minimum absolute atomic E-state index is 0.178. The molecule has 6 nitrogen and oxygen atoms in total. The molecular weight excluding hydrogens is 320 g/mol. The molecule has 0 aliphatic carbocycles. The third-order valence-corrected chi connectivity index (χ3v) is 3.64. The molecule has 0 spiro atoms. The standard InChI is InChI=1S/C19H20N2O4/c1-2-3-10-23-16-8-6-14(7-9-16)19(22)20-13-15-12-18(25-21-15)17-5-4-11-24-17/h4-9,11-12H,2-3,10,13H2,1H3,(H,20,22). The summed E-state index contributed by atoms with van der Waals surface area (Å²) in [7, 11) is 0. The first-order chi connectivity index (χ1) is 12.3. The highest BCUT2D eigenvalue weighted by atomic mass is 16.5. The van der Waals surface area contributed by atoms with E-state index < -0.39 is 0 Å². The predicted octanol–water partition coefficient (Wildman–Crippen LogP) is 4.04. The lowest BCUT2D eigenvalue weighted by Gasteiger charge is -2.06. The molecule has 3 aromatic rings. The highest BCUT2D eigenvalue weighted by Crippen LogP contribution is 2.20. The van der Waals surface area contributed by atoms with Gasteiger partial charge in [-0.1, -0.05) is 18.5 Å². The second-order valence-electron chi connectivity index (χ2n) is 5.57. The summed E-state index contributed by atoms with van der Waals surface area (Å²) < 4.78 is 16.0. The lowest BCUT2D eigenvalue weighted by molar-refractivity contribution is 0.0950. The molecule has 6 heteroatoms. The predicted molar refractivity (Wildman–Crippen MR) is 92.2 cm³/mol. The maximum atomic E-state index is 12.2. The molecule has 0 aliphatic heterocycles. The summed E-state index contributed by atoms with van der Waals surface area (Å²) in [5.74, 6) is 1.72. The summed E-state index contributed by atoms with van der Waals surface area (Å²) in [4.78, 5) is 12.2. The van der Waals surface area contributed by atoms with Crippen molar-refractivity contribution in [1.82, 2.24) is 10.5 Å². The third kappa shape index (κ3) is 4.50. The number of furan rings is 1. The number of ether oxygens (including phenoxy) is 1. The summed E-state index contributed by atoms with van der Waals surface area (Å²) >= 11 is 0. The molecule has 3 rings (SSSR count). The molecule has 0 fully saturated rings. The number of benzene rings is 1. The number of rotatable bonds is 8. The number of nitrogens with zero attached hydrogens (tertiary/aromatic N) is 1. The van der Waals surface area contributed by atoms with Gasteiger partial charge in [-0.05, 0) is 42.8 Å². The number of carbonyl (C=O) groups excluding carboxylic acids is 1. The maximum absolute atomic E-state index is 12.2. The molecular formula is C19H20N2O4. The topological polar surface area (TPSA) is 77.5 Å². The molecule has 1 N–H and O–H groups in total. The maximum Gasteiger partial charge on any atom is 0.251 e. The summed E-state index contributed by atoms with van der Waals surface area (Å²) in [5.41, 5.74) is 1.19. The third-order valence-electron chi connectivity index (χ3n) is 3.64. The van der Waals surface area contributed by atoms with Crippen LogP contribution < -0.4 is 10.1 Å². The van der Waals surface area contributed by atoms with E-state index >= 15 is 0 Å². The average Bonchev–Trinajstić information content (AvgIpc) is 3.32. The van der Waals surface area contributed by atoms with Crippen LogP contribution in [-0.2, 0) is 6.54 Å². The van der Waals surface area contributed by atoms with E-state index in [2.05, 4.69) is 17.4 Å². The van der Waals surface area contributed by atoms with E-state index in [-0.39, 0.29) is 12.5 Å². The molecule has 2 aromatic heterocycles. The molecule has 0 aliphatic rings. The van der Waals surface area contributed by atoms with E-state index in [0.717, 1.165) is 18.6 Å². The largest absolute Gasteiger partial charge is 0.494 e. The van der Waals surface area contributed by atoms with Crippen molar-refractivity contribution in [3.63, 3.8) is 0 Å². The Bertz CT molecular complexity index is 791. The van der Waals surface area contributed by atoms with Crippen LogP contribution in [0.1, 0.15) is 35.8 Å².